The van der Waals surface area contributed by atoms with Crippen molar-refractivity contribution in [2.24, 2.45) is 4.36 Å². The predicted octanol–water partition coefficient (Wildman–Crippen LogP) is 1.28. The van der Waals surface area contributed by atoms with E-state index in [1.165, 1.54) is 13.4 Å². The highest BCUT2D eigenvalue weighted by molar-refractivity contribution is 7.74. The predicted molar refractivity (Wildman–Crippen MR) is 101 cm³/mol. The van der Waals surface area contributed by atoms with Crippen LogP contribution in [0.1, 0.15) is 6.92 Å². The smallest absolute Gasteiger partial charge is 0.215 e. The van der Waals surface area contributed by atoms with E-state index < -0.39 is 10.6 Å². The highest BCUT2D eigenvalue weighted by Crippen LogP contribution is 2.28. The monoisotopic (exact) mass is 378 g/mol. The number of morpholine rings is 1. The van der Waals surface area contributed by atoms with Crippen LogP contribution in [0.15, 0.2) is 22.6 Å². The molecule has 0 amide bonds. The van der Waals surface area contributed by atoms with Crippen LogP contribution >= 0.6 is 0 Å². The topological polar surface area (TPSA) is 116 Å². The minimum atomic E-state index is -1.73. The van der Waals surface area contributed by atoms with Crippen molar-refractivity contribution >= 4 is 28.0 Å². The van der Waals surface area contributed by atoms with Gasteiger partial charge in [0, 0.05) is 41.1 Å². The van der Waals surface area contributed by atoms with Gasteiger partial charge in [0.15, 0.2) is 11.6 Å². The second-order valence-corrected chi connectivity index (χ2v) is 7.04. The molecule has 1 aliphatic heterocycles. The highest BCUT2D eigenvalue weighted by atomic mass is 32.2. The summed E-state index contributed by atoms with van der Waals surface area (Å²) in [6, 6.07) is 5.27. The summed E-state index contributed by atoms with van der Waals surface area (Å²) in [5.74, 6) is 2.16. The third-order valence-electron chi connectivity index (χ3n) is 3.89. The van der Waals surface area contributed by atoms with Crippen molar-refractivity contribution < 1.29 is 13.7 Å². The Hall–Kier alpha value is -2.46. The number of nitrogen functional groups attached to an aromatic ring is 1. The number of hydrogen-bond acceptors (Lipinski definition) is 9. The lowest BCUT2D eigenvalue weighted by Gasteiger charge is -2.34. The molecule has 3 heterocycles. The molecule has 3 rings (SSSR count). The molecule has 0 spiro atoms. The number of nitrogens with two attached hydrogens (primary N) is 1. The van der Waals surface area contributed by atoms with E-state index in [0.29, 0.717) is 54.5 Å². The van der Waals surface area contributed by atoms with E-state index in [9.17, 15) is 4.21 Å². The van der Waals surface area contributed by atoms with E-state index in [0.717, 1.165) is 0 Å². The van der Waals surface area contributed by atoms with Crippen molar-refractivity contribution in [3.05, 3.63) is 18.2 Å². The molecular formula is C16H22N6O3S. The van der Waals surface area contributed by atoms with Gasteiger partial charge in [0.05, 0.1) is 26.4 Å². The molecule has 1 fully saturated rings. The van der Waals surface area contributed by atoms with Gasteiger partial charge in [0.25, 0.3) is 0 Å². The Morgan fingerprint density at radius 1 is 1.35 bits per heavy atom. The first kappa shape index (κ1) is 18.3. The van der Waals surface area contributed by atoms with Crippen LogP contribution in [0.25, 0.3) is 11.4 Å². The van der Waals surface area contributed by atoms with Gasteiger partial charge < -0.3 is 20.1 Å². The number of rotatable bonds is 4. The van der Waals surface area contributed by atoms with E-state index in [2.05, 4.69) is 31.1 Å². The van der Waals surface area contributed by atoms with Gasteiger partial charge in [-0.1, -0.05) is 0 Å². The number of thiol groups is 1. The highest BCUT2D eigenvalue weighted by Gasteiger charge is 2.22. The van der Waals surface area contributed by atoms with Crippen molar-refractivity contribution in [1.82, 2.24) is 15.0 Å². The molecule has 26 heavy (non-hydrogen) atoms. The lowest BCUT2D eigenvalue weighted by atomic mass is 10.2. The number of methoxy groups -OCH3 is 1. The molecule has 1 aliphatic rings. The number of hydrogen-bond donors (Lipinski definition) is 2. The van der Waals surface area contributed by atoms with Crippen LogP contribution in [0, 0.1) is 0 Å². The van der Waals surface area contributed by atoms with Crippen molar-refractivity contribution in [3.8, 4) is 17.3 Å². The summed E-state index contributed by atoms with van der Waals surface area (Å²) in [5, 5.41) is 0. The maximum Gasteiger partial charge on any atom is 0.215 e. The second kappa shape index (κ2) is 7.83. The third-order valence-corrected chi connectivity index (χ3v) is 4.38. The minimum Gasteiger partial charge on any atom is -0.481 e. The zero-order chi connectivity index (χ0) is 18.7. The molecule has 140 valence electrons. The molecule has 1 saturated heterocycles. The molecule has 0 radical (unpaired) electrons. The quantitative estimate of drug-likeness (QED) is 0.765. The molecule has 10 heteroatoms. The van der Waals surface area contributed by atoms with Crippen LogP contribution in [-0.2, 0) is 15.3 Å². The van der Waals surface area contributed by atoms with Crippen LogP contribution in [-0.4, -0.2) is 58.3 Å². The summed E-state index contributed by atoms with van der Waals surface area (Å²) in [7, 11) is -0.220. The Labute approximate surface area is 153 Å². The van der Waals surface area contributed by atoms with Crippen LogP contribution in [0.3, 0.4) is 0 Å². The minimum absolute atomic E-state index is 0.159. The molecule has 2 N–H and O–H groups in total. The van der Waals surface area contributed by atoms with Gasteiger partial charge >= 0.3 is 0 Å². The standard InChI is InChI=1S/C16H22N6O3S/c1-10-9-25-5-4-22(10)14-8-13(21-26(3)23)19-16(20-14)11-6-12(17)18-15(7-11)24-2/h6-8,10,26H,4-5,9H2,1-3H3,(H2,17,18)/t10-/m1/s1. The van der Waals surface area contributed by atoms with Gasteiger partial charge in [-0.15, -0.1) is 0 Å². The molecule has 9 nitrogen and oxygen atoms in total. The molecular weight excluding hydrogens is 356 g/mol. The number of ether oxygens (including phenoxy) is 2. The Kier molecular flexibility index (Phi) is 5.52. The maximum atomic E-state index is 11.6. The van der Waals surface area contributed by atoms with Gasteiger partial charge in [-0.25, -0.2) is 9.97 Å². The average Bonchev–Trinajstić information content (AvgIpc) is 2.60. The van der Waals surface area contributed by atoms with Gasteiger partial charge in [0.2, 0.25) is 5.88 Å². The van der Waals surface area contributed by atoms with Crippen LogP contribution in [0.4, 0.5) is 17.5 Å². The fourth-order valence-corrected chi connectivity index (χ4v) is 3.11. The Morgan fingerprint density at radius 2 is 2.15 bits per heavy atom. The SMILES string of the molecule is COc1cc(-c2nc(/N=[SH](\C)=O)cc(N3CCOC[C@H]3C)n2)cc(N)n1. The van der Waals surface area contributed by atoms with Gasteiger partial charge in [0.1, 0.15) is 11.6 Å². The summed E-state index contributed by atoms with van der Waals surface area (Å²) < 4.78 is 26.4. The molecule has 0 aliphatic carbocycles. The lowest BCUT2D eigenvalue weighted by Crippen LogP contribution is -2.44. The van der Waals surface area contributed by atoms with E-state index in [-0.39, 0.29) is 6.04 Å². The van der Waals surface area contributed by atoms with E-state index in [4.69, 9.17) is 15.2 Å². The average molecular weight is 378 g/mol. The summed E-state index contributed by atoms with van der Waals surface area (Å²) >= 11 is 0. The number of nitrogens with zero attached hydrogens (tertiary/aromatic N) is 5. The van der Waals surface area contributed by atoms with Crippen LogP contribution < -0.4 is 15.4 Å². The van der Waals surface area contributed by atoms with Gasteiger partial charge in [-0.05, 0) is 13.0 Å². The fourth-order valence-electron chi connectivity index (χ4n) is 2.72. The molecule has 1 unspecified atom stereocenters. The number of pyridine rings is 1. The second-order valence-electron chi connectivity index (χ2n) is 5.91. The van der Waals surface area contributed by atoms with Crippen molar-refractivity contribution in [2.75, 3.05) is 43.8 Å². The molecule has 0 aromatic carbocycles. The largest absolute Gasteiger partial charge is 0.481 e. The van der Waals surface area contributed by atoms with E-state index in [1.54, 1.807) is 18.2 Å². The summed E-state index contributed by atoms with van der Waals surface area (Å²) in [5.41, 5.74) is 6.50. The van der Waals surface area contributed by atoms with Crippen molar-refractivity contribution in [2.45, 2.75) is 13.0 Å². The Morgan fingerprint density at radius 3 is 2.85 bits per heavy atom. The summed E-state index contributed by atoms with van der Waals surface area (Å²) in [4.78, 5) is 15.3. The molecule has 2 aromatic rings. The first-order chi connectivity index (χ1) is 12.5. The summed E-state index contributed by atoms with van der Waals surface area (Å²) in [6.45, 7) is 4.00. The van der Waals surface area contributed by atoms with Crippen LogP contribution in [0.2, 0.25) is 0 Å². The molecule has 0 bridgehead atoms. The Bertz CT molecular complexity index is 884. The zero-order valence-electron chi connectivity index (χ0n) is 14.9. The van der Waals surface area contributed by atoms with E-state index in [1.807, 2.05) is 0 Å². The molecule has 0 saturated carbocycles. The first-order valence-corrected chi connectivity index (χ1v) is 9.80. The number of aromatic nitrogens is 3. The van der Waals surface area contributed by atoms with Gasteiger partial charge in [-0.2, -0.15) is 9.35 Å². The van der Waals surface area contributed by atoms with Crippen molar-refractivity contribution in [3.63, 3.8) is 0 Å². The third kappa shape index (κ3) is 4.20. The van der Waals surface area contributed by atoms with Gasteiger partial charge in [-0.3, -0.25) is 4.21 Å². The zero-order valence-corrected chi connectivity index (χ0v) is 15.8. The maximum absolute atomic E-state index is 11.6. The van der Waals surface area contributed by atoms with Crippen LogP contribution in [0.5, 0.6) is 5.88 Å². The lowest BCUT2D eigenvalue weighted by molar-refractivity contribution is 0.0985. The summed E-state index contributed by atoms with van der Waals surface area (Å²) in [6.07, 6.45) is 1.53. The molecule has 2 aromatic heterocycles. The molecule has 2 atom stereocenters. The number of anilines is 2. The van der Waals surface area contributed by atoms with Crippen molar-refractivity contribution in [1.29, 1.82) is 0 Å². The van der Waals surface area contributed by atoms with E-state index >= 15 is 0 Å². The fraction of sp³-hybridized carbons (Fsp3) is 0.438. The first-order valence-electron chi connectivity index (χ1n) is 8.14. The Balaban J connectivity index is 2.12. The normalized spacial score (nSPS) is 18.7.